The average molecular weight is 672 g/mol. The van der Waals surface area contributed by atoms with Crippen LogP contribution in [0.1, 0.15) is 38.2 Å². The zero-order chi connectivity index (χ0) is 32.5. The summed E-state index contributed by atoms with van der Waals surface area (Å²) in [5.41, 5.74) is 2.51. The van der Waals surface area contributed by atoms with E-state index in [4.69, 9.17) is 42.4 Å². The van der Waals surface area contributed by atoms with Crippen LogP contribution in [0.4, 0.5) is 5.95 Å². The number of rotatable bonds is 12. The lowest BCUT2D eigenvalue weighted by molar-refractivity contribution is -0.144. The number of benzene rings is 1. The number of ether oxygens (including phenoxy) is 3. The Bertz CT molecular complexity index is 1460. The maximum absolute atomic E-state index is 11.7. The van der Waals surface area contributed by atoms with Gasteiger partial charge in [0.2, 0.25) is 11.8 Å². The van der Waals surface area contributed by atoms with Crippen molar-refractivity contribution in [2.45, 2.75) is 39.2 Å². The molecular formula is C33H40Cl2N6O5. The highest BCUT2D eigenvalue weighted by molar-refractivity contribution is 6.35. The van der Waals surface area contributed by atoms with Crippen LogP contribution in [-0.2, 0) is 25.6 Å². The Labute approximate surface area is 279 Å². The van der Waals surface area contributed by atoms with Gasteiger partial charge in [0, 0.05) is 73.8 Å². The molecule has 13 heteroatoms. The standard InChI is InChI=1S/C33H40Cl2N6O5/c1-3-31(42)45-13-12-39-8-10-41(11-9-39)33-36-20-28(21-37-33)46-30-15-24(14-29(38-30)25-17-26(34)19-27(35)18-25)22-40-6-4-23(5-7-40)16-32(43)44-2/h14-15,17-21,23H,3-13,16,22H2,1-2H3. The van der Waals surface area contributed by atoms with E-state index in [1.54, 1.807) is 25.4 Å². The number of hydrogen-bond donors (Lipinski definition) is 0. The van der Waals surface area contributed by atoms with Gasteiger partial charge in [-0.1, -0.05) is 30.1 Å². The topological polar surface area (TPSA) is 110 Å². The fourth-order valence-electron chi connectivity index (χ4n) is 5.69. The zero-order valence-electron chi connectivity index (χ0n) is 26.3. The molecule has 2 aliphatic rings. The lowest BCUT2D eigenvalue weighted by Gasteiger charge is -2.34. The van der Waals surface area contributed by atoms with Crippen molar-refractivity contribution in [3.8, 4) is 22.9 Å². The van der Waals surface area contributed by atoms with Gasteiger partial charge < -0.3 is 19.1 Å². The molecule has 2 aromatic heterocycles. The molecule has 0 saturated carbocycles. The molecule has 0 N–H and O–H groups in total. The zero-order valence-corrected chi connectivity index (χ0v) is 27.8. The minimum absolute atomic E-state index is 0.151. The summed E-state index contributed by atoms with van der Waals surface area (Å²) in [7, 11) is 1.44. The van der Waals surface area contributed by atoms with Gasteiger partial charge in [0.25, 0.3) is 0 Å². The molecule has 0 bridgehead atoms. The third kappa shape index (κ3) is 9.75. The van der Waals surface area contributed by atoms with Crippen LogP contribution in [0.3, 0.4) is 0 Å². The number of piperidine rings is 1. The van der Waals surface area contributed by atoms with Crippen LogP contribution in [0.5, 0.6) is 11.6 Å². The van der Waals surface area contributed by atoms with Gasteiger partial charge in [0.05, 0.1) is 25.2 Å². The summed E-state index contributed by atoms with van der Waals surface area (Å²) in [4.78, 5) is 43.8. The second-order valence-corrected chi connectivity index (χ2v) is 12.5. The summed E-state index contributed by atoms with van der Waals surface area (Å²) in [5.74, 6) is 1.54. The molecule has 2 aliphatic heterocycles. The summed E-state index contributed by atoms with van der Waals surface area (Å²) in [6.07, 6.45) is 6.06. The molecular weight excluding hydrogens is 631 g/mol. The van der Waals surface area contributed by atoms with E-state index in [0.717, 1.165) is 69.8 Å². The molecule has 246 valence electrons. The summed E-state index contributed by atoms with van der Waals surface area (Å²) >= 11 is 12.7. The largest absolute Gasteiger partial charge is 0.469 e. The van der Waals surface area contributed by atoms with Crippen molar-refractivity contribution in [2.24, 2.45) is 5.92 Å². The Morgan fingerprint density at radius 1 is 0.891 bits per heavy atom. The number of methoxy groups -OCH3 is 1. The Morgan fingerprint density at radius 2 is 1.59 bits per heavy atom. The van der Waals surface area contributed by atoms with Gasteiger partial charge in [-0.25, -0.2) is 15.0 Å². The van der Waals surface area contributed by atoms with Gasteiger partial charge in [0.15, 0.2) is 5.75 Å². The molecule has 0 atom stereocenters. The summed E-state index contributed by atoms with van der Waals surface area (Å²) < 4.78 is 16.3. The Morgan fingerprint density at radius 3 is 2.24 bits per heavy atom. The van der Waals surface area contributed by atoms with Crippen molar-refractivity contribution in [1.82, 2.24) is 24.8 Å². The van der Waals surface area contributed by atoms with Crippen LogP contribution in [0, 0.1) is 5.92 Å². The molecule has 2 saturated heterocycles. The van der Waals surface area contributed by atoms with Crippen molar-refractivity contribution >= 4 is 41.1 Å². The number of nitrogens with zero attached hydrogens (tertiary/aromatic N) is 6. The SMILES string of the molecule is CCC(=O)OCCN1CCN(c2ncc(Oc3cc(CN4CCC(CC(=O)OC)CC4)cc(-c4cc(Cl)cc(Cl)c4)n3)cn2)CC1. The molecule has 4 heterocycles. The monoisotopic (exact) mass is 670 g/mol. The van der Waals surface area contributed by atoms with Crippen molar-refractivity contribution in [3.63, 3.8) is 0 Å². The first kappa shape index (κ1) is 33.8. The molecule has 2 fully saturated rings. The number of likely N-dealkylation sites (tertiary alicyclic amines) is 1. The first-order valence-corrected chi connectivity index (χ1v) is 16.4. The quantitative estimate of drug-likeness (QED) is 0.228. The number of carbonyl (C=O) groups excluding carboxylic acids is 2. The first-order chi connectivity index (χ1) is 22.3. The van der Waals surface area contributed by atoms with Gasteiger partial charge in [-0.2, -0.15) is 0 Å². The lowest BCUT2D eigenvalue weighted by Crippen LogP contribution is -2.48. The number of esters is 2. The molecule has 0 spiro atoms. The van der Waals surface area contributed by atoms with E-state index in [2.05, 4.69) is 24.7 Å². The van der Waals surface area contributed by atoms with Gasteiger partial charge in [-0.3, -0.25) is 19.4 Å². The van der Waals surface area contributed by atoms with Crippen LogP contribution in [0.15, 0.2) is 42.7 Å². The second kappa shape index (κ2) is 16.4. The van der Waals surface area contributed by atoms with E-state index in [-0.39, 0.29) is 11.9 Å². The van der Waals surface area contributed by atoms with E-state index in [1.165, 1.54) is 7.11 Å². The minimum atomic E-state index is -0.171. The minimum Gasteiger partial charge on any atom is -0.469 e. The number of halogens is 2. The number of pyridine rings is 1. The molecule has 0 radical (unpaired) electrons. The van der Waals surface area contributed by atoms with Crippen LogP contribution < -0.4 is 9.64 Å². The maximum Gasteiger partial charge on any atom is 0.305 e. The highest BCUT2D eigenvalue weighted by atomic mass is 35.5. The number of aromatic nitrogens is 3. The van der Waals surface area contributed by atoms with Crippen LogP contribution in [0.2, 0.25) is 10.0 Å². The van der Waals surface area contributed by atoms with Gasteiger partial charge in [-0.05, 0) is 61.7 Å². The highest BCUT2D eigenvalue weighted by Gasteiger charge is 2.23. The van der Waals surface area contributed by atoms with Crippen molar-refractivity contribution in [1.29, 1.82) is 0 Å². The number of anilines is 1. The van der Waals surface area contributed by atoms with E-state index in [9.17, 15) is 9.59 Å². The van der Waals surface area contributed by atoms with Gasteiger partial charge >= 0.3 is 11.9 Å². The van der Waals surface area contributed by atoms with Gasteiger partial charge in [0.1, 0.15) is 6.61 Å². The normalized spacial score (nSPS) is 16.3. The molecule has 5 rings (SSSR count). The predicted molar refractivity (Wildman–Crippen MR) is 176 cm³/mol. The van der Waals surface area contributed by atoms with Crippen molar-refractivity contribution in [2.75, 3.05) is 64.4 Å². The summed E-state index contributed by atoms with van der Waals surface area (Å²) in [6, 6.07) is 9.31. The molecule has 0 amide bonds. The van der Waals surface area contributed by atoms with Crippen molar-refractivity contribution < 1.29 is 23.8 Å². The van der Waals surface area contributed by atoms with Crippen LogP contribution >= 0.6 is 23.2 Å². The Kier molecular flexibility index (Phi) is 12.0. The number of carbonyl (C=O) groups is 2. The third-order valence-corrected chi connectivity index (χ3v) is 8.70. The van der Waals surface area contributed by atoms with E-state index in [0.29, 0.717) is 65.2 Å². The van der Waals surface area contributed by atoms with E-state index >= 15 is 0 Å². The number of piperazine rings is 1. The van der Waals surface area contributed by atoms with E-state index < -0.39 is 0 Å². The Balaban J connectivity index is 1.24. The number of hydrogen-bond acceptors (Lipinski definition) is 11. The fourth-order valence-corrected chi connectivity index (χ4v) is 6.21. The molecule has 0 aliphatic carbocycles. The van der Waals surface area contributed by atoms with Crippen LogP contribution in [0.25, 0.3) is 11.3 Å². The molecule has 46 heavy (non-hydrogen) atoms. The second-order valence-electron chi connectivity index (χ2n) is 11.6. The maximum atomic E-state index is 11.7. The van der Waals surface area contributed by atoms with Crippen molar-refractivity contribution in [3.05, 3.63) is 58.3 Å². The smallest absolute Gasteiger partial charge is 0.305 e. The van der Waals surface area contributed by atoms with Gasteiger partial charge in [-0.15, -0.1) is 0 Å². The third-order valence-electron chi connectivity index (χ3n) is 8.27. The molecule has 11 nitrogen and oxygen atoms in total. The van der Waals surface area contributed by atoms with E-state index in [1.807, 2.05) is 24.3 Å². The van der Waals surface area contributed by atoms with Crippen LogP contribution in [-0.4, -0.2) is 96.2 Å². The molecule has 1 aromatic carbocycles. The highest BCUT2D eigenvalue weighted by Crippen LogP contribution is 2.31. The lowest BCUT2D eigenvalue weighted by atomic mass is 9.93. The fraction of sp³-hybridized carbons (Fsp3) is 0.485. The average Bonchev–Trinajstić information content (AvgIpc) is 3.05. The first-order valence-electron chi connectivity index (χ1n) is 15.7. The predicted octanol–water partition coefficient (Wildman–Crippen LogP) is 5.49. The summed E-state index contributed by atoms with van der Waals surface area (Å²) in [6.45, 7) is 8.61. The molecule has 0 unspecified atom stereocenters. The summed E-state index contributed by atoms with van der Waals surface area (Å²) in [5, 5.41) is 1.05. The molecule has 3 aromatic rings. The Hall–Kier alpha value is -3.51.